The predicted octanol–water partition coefficient (Wildman–Crippen LogP) is 3.71. The summed E-state index contributed by atoms with van der Waals surface area (Å²) < 4.78 is 7.80. The first-order valence-corrected chi connectivity index (χ1v) is 7.60. The van der Waals surface area contributed by atoms with Gasteiger partial charge in [0.1, 0.15) is 12.4 Å². The van der Waals surface area contributed by atoms with E-state index in [9.17, 15) is 0 Å². The summed E-state index contributed by atoms with van der Waals surface area (Å²) in [6.45, 7) is 9.96. The summed E-state index contributed by atoms with van der Waals surface area (Å²) >= 11 is 0. The molecule has 4 heteroatoms. The number of hydrogen-bond acceptors (Lipinski definition) is 3. The molecular weight excluding hydrogens is 262 g/mol. The fraction of sp³-hybridized carbons (Fsp3) is 0.471. The molecule has 21 heavy (non-hydrogen) atoms. The van der Waals surface area contributed by atoms with Gasteiger partial charge in [0.05, 0.1) is 5.69 Å². The number of hydrogen-bond donors (Lipinski definition) is 1. The monoisotopic (exact) mass is 287 g/mol. The fourth-order valence-corrected chi connectivity index (χ4v) is 2.20. The zero-order valence-corrected chi connectivity index (χ0v) is 13.3. The highest BCUT2D eigenvalue weighted by Gasteiger charge is 2.06. The van der Waals surface area contributed by atoms with Gasteiger partial charge in [-0.3, -0.25) is 4.68 Å². The van der Waals surface area contributed by atoms with Crippen LogP contribution in [0.15, 0.2) is 36.5 Å². The normalized spacial score (nSPS) is 12.6. The lowest BCUT2D eigenvalue weighted by Gasteiger charge is -2.14. The first-order valence-electron chi connectivity index (χ1n) is 7.60. The van der Waals surface area contributed by atoms with Crippen LogP contribution in [0, 0.1) is 0 Å². The summed E-state index contributed by atoms with van der Waals surface area (Å²) in [4.78, 5) is 0. The lowest BCUT2D eigenvalue weighted by molar-refractivity contribution is 0.298. The molecule has 2 aromatic rings. The Hall–Kier alpha value is -1.81. The van der Waals surface area contributed by atoms with E-state index in [1.807, 2.05) is 29.1 Å². The smallest absolute Gasteiger partial charge is 0.132 e. The van der Waals surface area contributed by atoms with Crippen LogP contribution in [0.25, 0.3) is 0 Å². The standard InChI is InChI=1S/C17H25N3O/c1-5-18-14(4)15-7-6-8-17(11-15)21-12-16-9-10-20(19-16)13(2)3/h6-11,13-14,18H,5,12H2,1-4H3. The quantitative estimate of drug-likeness (QED) is 0.843. The average molecular weight is 287 g/mol. The zero-order chi connectivity index (χ0) is 15.2. The molecule has 1 aromatic carbocycles. The van der Waals surface area contributed by atoms with Crippen LogP contribution in [-0.2, 0) is 6.61 Å². The van der Waals surface area contributed by atoms with E-state index in [0.29, 0.717) is 18.7 Å². The third-order valence-electron chi connectivity index (χ3n) is 3.45. The van der Waals surface area contributed by atoms with Crippen LogP contribution >= 0.6 is 0 Å². The molecule has 0 fully saturated rings. The van der Waals surface area contributed by atoms with Crippen molar-refractivity contribution in [2.45, 2.75) is 46.4 Å². The topological polar surface area (TPSA) is 39.1 Å². The van der Waals surface area contributed by atoms with Crippen molar-refractivity contribution >= 4 is 0 Å². The lowest BCUT2D eigenvalue weighted by atomic mass is 10.1. The summed E-state index contributed by atoms with van der Waals surface area (Å²) in [7, 11) is 0. The Morgan fingerprint density at radius 1 is 1.24 bits per heavy atom. The van der Waals surface area contributed by atoms with Crippen LogP contribution in [0.2, 0.25) is 0 Å². The maximum atomic E-state index is 5.85. The van der Waals surface area contributed by atoms with Crippen LogP contribution in [0.5, 0.6) is 5.75 Å². The van der Waals surface area contributed by atoms with Gasteiger partial charge in [-0.25, -0.2) is 0 Å². The SMILES string of the molecule is CCNC(C)c1cccc(OCc2ccn(C(C)C)n2)c1. The van der Waals surface area contributed by atoms with Gasteiger partial charge < -0.3 is 10.1 Å². The van der Waals surface area contributed by atoms with Gasteiger partial charge in [-0.15, -0.1) is 0 Å². The Morgan fingerprint density at radius 2 is 2.05 bits per heavy atom. The third kappa shape index (κ3) is 4.33. The van der Waals surface area contributed by atoms with Gasteiger partial charge in [-0.1, -0.05) is 19.1 Å². The molecule has 0 saturated heterocycles. The molecule has 1 heterocycles. The summed E-state index contributed by atoms with van der Waals surface area (Å²) in [5, 5.41) is 7.90. The molecule has 2 rings (SSSR count). The van der Waals surface area contributed by atoms with E-state index in [1.54, 1.807) is 0 Å². The first-order chi connectivity index (χ1) is 10.1. The van der Waals surface area contributed by atoms with Gasteiger partial charge >= 0.3 is 0 Å². The van der Waals surface area contributed by atoms with Gasteiger partial charge in [0.25, 0.3) is 0 Å². The average Bonchev–Trinajstić information content (AvgIpc) is 2.95. The highest BCUT2D eigenvalue weighted by molar-refractivity contribution is 5.30. The molecule has 0 aliphatic carbocycles. The highest BCUT2D eigenvalue weighted by Crippen LogP contribution is 2.20. The summed E-state index contributed by atoms with van der Waals surface area (Å²) in [6.07, 6.45) is 1.99. The molecule has 0 aliphatic heterocycles. The second kappa shape index (κ2) is 7.27. The molecule has 0 saturated carbocycles. The molecule has 114 valence electrons. The Kier molecular flexibility index (Phi) is 5.39. The van der Waals surface area contributed by atoms with E-state index < -0.39 is 0 Å². The number of ether oxygens (including phenoxy) is 1. The van der Waals surface area contributed by atoms with E-state index in [-0.39, 0.29) is 0 Å². The van der Waals surface area contributed by atoms with Crippen molar-refractivity contribution in [3.63, 3.8) is 0 Å². The van der Waals surface area contributed by atoms with Crippen molar-refractivity contribution in [3.05, 3.63) is 47.8 Å². The third-order valence-corrected chi connectivity index (χ3v) is 3.45. The van der Waals surface area contributed by atoms with Crippen molar-refractivity contribution in [3.8, 4) is 5.75 Å². The van der Waals surface area contributed by atoms with Crippen molar-refractivity contribution in [2.75, 3.05) is 6.54 Å². The maximum Gasteiger partial charge on any atom is 0.132 e. The molecule has 0 spiro atoms. The van der Waals surface area contributed by atoms with E-state index >= 15 is 0 Å². The summed E-state index contributed by atoms with van der Waals surface area (Å²) in [5.74, 6) is 0.886. The van der Waals surface area contributed by atoms with E-state index in [0.717, 1.165) is 18.0 Å². The van der Waals surface area contributed by atoms with E-state index in [4.69, 9.17) is 4.74 Å². The largest absolute Gasteiger partial charge is 0.487 e. The Morgan fingerprint density at radius 3 is 2.71 bits per heavy atom. The van der Waals surface area contributed by atoms with Gasteiger partial charge in [-0.2, -0.15) is 5.10 Å². The lowest BCUT2D eigenvalue weighted by Crippen LogP contribution is -2.17. The second-order valence-electron chi connectivity index (χ2n) is 5.52. The van der Waals surface area contributed by atoms with Gasteiger partial charge in [-0.05, 0) is 51.1 Å². The van der Waals surface area contributed by atoms with Crippen LogP contribution in [0.1, 0.15) is 51.0 Å². The molecule has 1 aromatic heterocycles. The number of rotatable bonds is 7. The van der Waals surface area contributed by atoms with Gasteiger partial charge in [0.15, 0.2) is 0 Å². The Labute approximate surface area is 127 Å². The molecule has 0 amide bonds. The minimum atomic E-state index is 0.332. The predicted molar refractivity (Wildman–Crippen MR) is 85.5 cm³/mol. The molecule has 0 aliphatic rings. The Bertz CT molecular complexity index is 563. The number of nitrogens with zero attached hydrogens (tertiary/aromatic N) is 2. The van der Waals surface area contributed by atoms with Crippen LogP contribution in [0.3, 0.4) is 0 Å². The van der Waals surface area contributed by atoms with Crippen LogP contribution < -0.4 is 10.1 Å². The van der Waals surface area contributed by atoms with Crippen molar-refractivity contribution in [1.29, 1.82) is 0 Å². The molecule has 1 unspecified atom stereocenters. The maximum absolute atomic E-state index is 5.85. The number of aromatic nitrogens is 2. The minimum absolute atomic E-state index is 0.332. The van der Waals surface area contributed by atoms with Gasteiger partial charge in [0, 0.05) is 18.3 Å². The first kappa shape index (κ1) is 15.6. The highest BCUT2D eigenvalue weighted by atomic mass is 16.5. The van der Waals surface area contributed by atoms with E-state index in [1.165, 1.54) is 5.56 Å². The molecule has 1 atom stereocenters. The Balaban J connectivity index is 1.97. The molecule has 1 N–H and O–H groups in total. The summed E-state index contributed by atoms with van der Waals surface area (Å²) in [5.41, 5.74) is 2.19. The molecular formula is C17H25N3O. The van der Waals surface area contributed by atoms with Crippen molar-refractivity contribution in [1.82, 2.24) is 15.1 Å². The van der Waals surface area contributed by atoms with Crippen molar-refractivity contribution in [2.24, 2.45) is 0 Å². The minimum Gasteiger partial charge on any atom is -0.487 e. The van der Waals surface area contributed by atoms with Crippen LogP contribution in [0.4, 0.5) is 0 Å². The van der Waals surface area contributed by atoms with Crippen molar-refractivity contribution < 1.29 is 4.74 Å². The fourth-order valence-electron chi connectivity index (χ4n) is 2.20. The molecule has 0 bridgehead atoms. The molecule has 0 radical (unpaired) electrons. The zero-order valence-electron chi connectivity index (χ0n) is 13.3. The molecule has 4 nitrogen and oxygen atoms in total. The van der Waals surface area contributed by atoms with E-state index in [2.05, 4.69) is 50.2 Å². The second-order valence-corrected chi connectivity index (χ2v) is 5.52. The number of benzene rings is 1. The van der Waals surface area contributed by atoms with Gasteiger partial charge in [0.2, 0.25) is 0 Å². The summed E-state index contributed by atoms with van der Waals surface area (Å²) in [6, 6.07) is 10.9. The number of nitrogens with one attached hydrogen (secondary N) is 1. The van der Waals surface area contributed by atoms with Crippen LogP contribution in [-0.4, -0.2) is 16.3 Å².